The minimum absolute atomic E-state index is 0.178. The zero-order chi connectivity index (χ0) is 14.5. The van der Waals surface area contributed by atoms with E-state index in [2.05, 4.69) is 11.4 Å². The lowest BCUT2D eigenvalue weighted by Crippen LogP contribution is -2.26. The van der Waals surface area contributed by atoms with Gasteiger partial charge in [0.25, 0.3) is 0 Å². The van der Waals surface area contributed by atoms with Crippen molar-refractivity contribution < 1.29 is 14.6 Å². The van der Waals surface area contributed by atoms with Crippen LogP contribution in [0.25, 0.3) is 10.8 Å². The first-order chi connectivity index (χ1) is 9.61. The van der Waals surface area contributed by atoms with E-state index < -0.39 is 6.09 Å². The van der Waals surface area contributed by atoms with Gasteiger partial charge in [0.2, 0.25) is 0 Å². The quantitative estimate of drug-likeness (QED) is 0.848. The number of benzene rings is 2. The topological polar surface area (TPSA) is 82.3 Å². The van der Waals surface area contributed by atoms with E-state index in [4.69, 9.17) is 26.7 Å². The summed E-state index contributed by atoms with van der Waals surface area (Å²) in [4.78, 5) is 10.3. The Morgan fingerprint density at radius 3 is 2.90 bits per heavy atom. The molecule has 0 saturated heterocycles. The minimum atomic E-state index is -1.10. The van der Waals surface area contributed by atoms with Crippen molar-refractivity contribution in [2.24, 2.45) is 0 Å². The number of nitrogens with one attached hydrogen (secondary N) is 1. The van der Waals surface area contributed by atoms with Crippen molar-refractivity contribution in [3.8, 4) is 11.8 Å². The second-order valence-electron chi connectivity index (χ2n) is 4.01. The molecular weight excluding hydrogens is 280 g/mol. The van der Waals surface area contributed by atoms with Crippen molar-refractivity contribution in [3.63, 3.8) is 0 Å². The number of hydrogen-bond acceptors (Lipinski definition) is 3. The van der Waals surface area contributed by atoms with Crippen LogP contribution in [0.4, 0.5) is 4.79 Å². The molecule has 2 N–H and O–H groups in total. The molecule has 2 rings (SSSR count). The van der Waals surface area contributed by atoms with Crippen LogP contribution < -0.4 is 10.1 Å². The Labute approximate surface area is 120 Å². The van der Waals surface area contributed by atoms with E-state index in [1.807, 2.05) is 6.07 Å². The van der Waals surface area contributed by atoms with Crippen LogP contribution in [0, 0.1) is 11.3 Å². The Balaban J connectivity index is 2.17. The van der Waals surface area contributed by atoms with E-state index in [9.17, 15) is 4.79 Å². The monoisotopic (exact) mass is 290 g/mol. The number of rotatable bonds is 4. The van der Waals surface area contributed by atoms with Gasteiger partial charge in [0.05, 0.1) is 23.2 Å². The fourth-order valence-electron chi connectivity index (χ4n) is 1.77. The summed E-state index contributed by atoms with van der Waals surface area (Å²) in [5.41, 5.74) is 0.563. The zero-order valence-electron chi connectivity index (χ0n) is 10.4. The van der Waals surface area contributed by atoms with Crippen LogP contribution >= 0.6 is 11.6 Å². The number of hydrogen-bond donors (Lipinski definition) is 2. The maximum Gasteiger partial charge on any atom is 0.404 e. The Morgan fingerprint density at radius 2 is 2.20 bits per heavy atom. The van der Waals surface area contributed by atoms with Crippen molar-refractivity contribution in [1.82, 2.24) is 5.32 Å². The summed E-state index contributed by atoms with van der Waals surface area (Å²) in [6, 6.07) is 10.8. The molecule has 0 unspecified atom stereocenters. The van der Waals surface area contributed by atoms with Gasteiger partial charge in [-0.1, -0.05) is 23.7 Å². The molecule has 102 valence electrons. The van der Waals surface area contributed by atoms with Gasteiger partial charge in [0.1, 0.15) is 12.4 Å². The van der Waals surface area contributed by atoms with Crippen LogP contribution in [0.2, 0.25) is 5.02 Å². The van der Waals surface area contributed by atoms with Gasteiger partial charge in [-0.25, -0.2) is 4.79 Å². The fraction of sp³-hybridized carbons (Fsp3) is 0.143. The summed E-state index contributed by atoms with van der Waals surface area (Å²) in [6.07, 6.45) is -1.10. The summed E-state index contributed by atoms with van der Waals surface area (Å²) in [7, 11) is 0. The van der Waals surface area contributed by atoms with E-state index in [0.29, 0.717) is 16.3 Å². The number of ether oxygens (including phenoxy) is 1. The summed E-state index contributed by atoms with van der Waals surface area (Å²) in [5, 5.41) is 21.6. The molecule has 0 heterocycles. The van der Waals surface area contributed by atoms with Crippen molar-refractivity contribution in [2.45, 2.75) is 0 Å². The zero-order valence-corrected chi connectivity index (χ0v) is 11.1. The molecule has 0 aromatic heterocycles. The van der Waals surface area contributed by atoms with Gasteiger partial charge in [-0.2, -0.15) is 5.26 Å². The highest BCUT2D eigenvalue weighted by atomic mass is 35.5. The minimum Gasteiger partial charge on any atom is -0.490 e. The van der Waals surface area contributed by atoms with Crippen LogP contribution in [0.3, 0.4) is 0 Å². The fourth-order valence-corrected chi connectivity index (χ4v) is 2.06. The first-order valence-electron chi connectivity index (χ1n) is 5.84. The van der Waals surface area contributed by atoms with Gasteiger partial charge in [0.15, 0.2) is 0 Å². The number of nitrogens with zero attached hydrogens (tertiary/aromatic N) is 1. The number of nitriles is 1. The summed E-state index contributed by atoms with van der Waals surface area (Å²) in [6.45, 7) is 0.366. The molecule has 0 atom stereocenters. The SMILES string of the molecule is N#Cc1ccc2c(Cl)c(OCCNC(=O)O)ccc2c1. The third kappa shape index (κ3) is 3.11. The van der Waals surface area contributed by atoms with Crippen molar-refractivity contribution in [3.05, 3.63) is 40.9 Å². The highest BCUT2D eigenvalue weighted by molar-refractivity contribution is 6.37. The number of fused-ring (bicyclic) bond motifs is 1. The molecule has 6 heteroatoms. The third-order valence-electron chi connectivity index (χ3n) is 2.68. The first-order valence-corrected chi connectivity index (χ1v) is 6.21. The van der Waals surface area contributed by atoms with Gasteiger partial charge in [-0.05, 0) is 23.6 Å². The summed E-state index contributed by atoms with van der Waals surface area (Å²) < 4.78 is 5.43. The molecule has 0 aliphatic rings. The first kappa shape index (κ1) is 14.0. The third-order valence-corrected chi connectivity index (χ3v) is 3.07. The van der Waals surface area contributed by atoms with Crippen LogP contribution in [0.1, 0.15) is 5.56 Å². The van der Waals surface area contributed by atoms with Crippen LogP contribution in [-0.2, 0) is 0 Å². The van der Waals surface area contributed by atoms with Crippen LogP contribution in [0.15, 0.2) is 30.3 Å². The van der Waals surface area contributed by atoms with Crippen molar-refractivity contribution in [1.29, 1.82) is 5.26 Å². The molecule has 0 radical (unpaired) electrons. The van der Waals surface area contributed by atoms with Gasteiger partial charge < -0.3 is 15.2 Å². The normalized spacial score (nSPS) is 10.0. The number of carbonyl (C=O) groups is 1. The second kappa shape index (κ2) is 6.13. The Morgan fingerprint density at radius 1 is 1.40 bits per heavy atom. The molecular formula is C14H11ClN2O3. The van der Waals surface area contributed by atoms with Crippen molar-refractivity contribution in [2.75, 3.05) is 13.2 Å². The van der Waals surface area contributed by atoms with Gasteiger partial charge in [-0.15, -0.1) is 0 Å². The van der Waals surface area contributed by atoms with E-state index >= 15 is 0 Å². The molecule has 0 aliphatic heterocycles. The maximum absolute atomic E-state index is 10.3. The standard InChI is InChI=1S/C14H11ClN2O3/c15-13-11-3-1-9(8-16)7-10(11)2-4-12(13)20-6-5-17-14(18)19/h1-4,7,17H,5-6H2,(H,18,19). The molecule has 20 heavy (non-hydrogen) atoms. The molecule has 0 aliphatic carbocycles. The van der Waals surface area contributed by atoms with E-state index in [-0.39, 0.29) is 13.2 Å². The van der Waals surface area contributed by atoms with Crippen molar-refractivity contribution >= 4 is 28.5 Å². The lowest BCUT2D eigenvalue weighted by molar-refractivity contribution is 0.191. The summed E-state index contributed by atoms with van der Waals surface area (Å²) in [5.74, 6) is 0.482. The average molecular weight is 291 g/mol. The molecule has 2 aromatic carbocycles. The largest absolute Gasteiger partial charge is 0.490 e. The highest BCUT2D eigenvalue weighted by Crippen LogP contribution is 2.33. The lowest BCUT2D eigenvalue weighted by atomic mass is 10.1. The van der Waals surface area contributed by atoms with Gasteiger partial charge in [0, 0.05) is 5.39 Å². The molecule has 0 spiro atoms. The van der Waals surface area contributed by atoms with Crippen LogP contribution in [-0.4, -0.2) is 24.4 Å². The Hall–Kier alpha value is -2.45. The number of carboxylic acid groups (broad SMARTS) is 1. The van der Waals surface area contributed by atoms with Gasteiger partial charge in [-0.3, -0.25) is 0 Å². The highest BCUT2D eigenvalue weighted by Gasteiger charge is 2.07. The number of amides is 1. The van der Waals surface area contributed by atoms with E-state index in [1.54, 1.807) is 24.3 Å². The molecule has 0 bridgehead atoms. The molecule has 0 saturated carbocycles. The Bertz CT molecular complexity index is 695. The predicted molar refractivity (Wildman–Crippen MR) is 75.2 cm³/mol. The van der Waals surface area contributed by atoms with Crippen LogP contribution in [0.5, 0.6) is 5.75 Å². The molecule has 5 nitrogen and oxygen atoms in total. The molecule has 0 fully saturated rings. The summed E-state index contributed by atoms with van der Waals surface area (Å²) >= 11 is 6.23. The average Bonchev–Trinajstić information content (AvgIpc) is 2.45. The smallest absolute Gasteiger partial charge is 0.404 e. The van der Waals surface area contributed by atoms with E-state index in [1.165, 1.54) is 0 Å². The maximum atomic E-state index is 10.3. The lowest BCUT2D eigenvalue weighted by Gasteiger charge is -2.10. The van der Waals surface area contributed by atoms with Gasteiger partial charge >= 0.3 is 6.09 Å². The second-order valence-corrected chi connectivity index (χ2v) is 4.38. The predicted octanol–water partition coefficient (Wildman–Crippen LogP) is 3.01. The Kier molecular flexibility index (Phi) is 4.28. The molecule has 2 aromatic rings. The number of halogens is 1. The molecule has 1 amide bonds. The van der Waals surface area contributed by atoms with E-state index in [0.717, 1.165) is 10.8 Å².